The highest BCUT2D eigenvalue weighted by atomic mass is 32.2. The summed E-state index contributed by atoms with van der Waals surface area (Å²) in [4.78, 5) is 39.8. The fourth-order valence-electron chi connectivity index (χ4n) is 3.43. The molecule has 0 atom stereocenters. The first-order valence-electron chi connectivity index (χ1n) is 10.1. The number of benzene rings is 2. The van der Waals surface area contributed by atoms with Crippen molar-refractivity contribution >= 4 is 35.0 Å². The summed E-state index contributed by atoms with van der Waals surface area (Å²) in [5, 5.41) is 11.5. The summed E-state index contributed by atoms with van der Waals surface area (Å²) in [6.07, 6.45) is 0. The summed E-state index contributed by atoms with van der Waals surface area (Å²) in [6.45, 7) is 6.48. The lowest BCUT2D eigenvalue weighted by Crippen LogP contribution is -2.48. The highest BCUT2D eigenvalue weighted by molar-refractivity contribution is 8.00. The SMILES string of the molecule is CCOC(=O)CSc1ccc(C(=O)N2CCN(c3cccc(C)c3)CC2)cc1[N+](=O)[O-]. The third-order valence-corrected chi connectivity index (χ3v) is 6.02. The predicted molar refractivity (Wildman–Crippen MR) is 120 cm³/mol. The molecule has 1 fully saturated rings. The summed E-state index contributed by atoms with van der Waals surface area (Å²) in [7, 11) is 0. The van der Waals surface area contributed by atoms with Gasteiger partial charge in [-0.2, -0.15) is 0 Å². The number of ether oxygens (including phenoxy) is 1. The fraction of sp³-hybridized carbons (Fsp3) is 0.364. The Hall–Kier alpha value is -3.07. The van der Waals surface area contributed by atoms with Crippen molar-refractivity contribution in [2.45, 2.75) is 18.7 Å². The number of nitrogens with zero attached hydrogens (tertiary/aromatic N) is 3. The van der Waals surface area contributed by atoms with Crippen molar-refractivity contribution in [1.82, 2.24) is 4.90 Å². The number of thioether (sulfide) groups is 1. The Balaban J connectivity index is 1.67. The Bertz CT molecular complexity index is 973. The van der Waals surface area contributed by atoms with Gasteiger partial charge in [-0.15, -0.1) is 11.8 Å². The molecule has 164 valence electrons. The van der Waals surface area contributed by atoms with Gasteiger partial charge in [0.05, 0.1) is 22.2 Å². The molecule has 1 heterocycles. The summed E-state index contributed by atoms with van der Waals surface area (Å²) < 4.78 is 4.86. The number of amides is 1. The molecule has 2 aromatic carbocycles. The lowest BCUT2D eigenvalue weighted by atomic mass is 10.1. The second kappa shape index (κ2) is 10.3. The van der Waals surface area contributed by atoms with E-state index in [4.69, 9.17) is 4.74 Å². The summed E-state index contributed by atoms with van der Waals surface area (Å²) in [5.74, 6) is -0.689. The van der Waals surface area contributed by atoms with Crippen molar-refractivity contribution in [3.63, 3.8) is 0 Å². The molecule has 0 unspecified atom stereocenters. The molecule has 31 heavy (non-hydrogen) atoms. The molecule has 0 bridgehead atoms. The van der Waals surface area contributed by atoms with Crippen molar-refractivity contribution in [2.24, 2.45) is 0 Å². The normalized spacial score (nSPS) is 13.7. The molecular formula is C22H25N3O5S. The number of hydrogen-bond acceptors (Lipinski definition) is 7. The van der Waals surface area contributed by atoms with Crippen LogP contribution in [-0.2, 0) is 9.53 Å². The van der Waals surface area contributed by atoms with Crippen LogP contribution in [0.2, 0.25) is 0 Å². The summed E-state index contributed by atoms with van der Waals surface area (Å²) in [6, 6.07) is 12.6. The van der Waals surface area contributed by atoms with Crippen LogP contribution in [0.4, 0.5) is 11.4 Å². The molecule has 0 aromatic heterocycles. The van der Waals surface area contributed by atoms with Gasteiger partial charge in [0.2, 0.25) is 0 Å². The topological polar surface area (TPSA) is 93.0 Å². The van der Waals surface area contributed by atoms with E-state index in [9.17, 15) is 19.7 Å². The monoisotopic (exact) mass is 443 g/mol. The van der Waals surface area contributed by atoms with Crippen LogP contribution in [0.25, 0.3) is 0 Å². The zero-order valence-electron chi connectivity index (χ0n) is 17.6. The van der Waals surface area contributed by atoms with Crippen LogP contribution in [0.1, 0.15) is 22.8 Å². The van der Waals surface area contributed by atoms with Crippen molar-refractivity contribution < 1.29 is 19.2 Å². The van der Waals surface area contributed by atoms with E-state index in [1.165, 1.54) is 17.7 Å². The molecule has 2 aromatic rings. The number of nitro groups is 1. The molecule has 0 aliphatic carbocycles. The Morgan fingerprint density at radius 3 is 2.52 bits per heavy atom. The minimum Gasteiger partial charge on any atom is -0.465 e. The highest BCUT2D eigenvalue weighted by Crippen LogP contribution is 2.31. The van der Waals surface area contributed by atoms with Crippen LogP contribution in [-0.4, -0.2) is 60.2 Å². The van der Waals surface area contributed by atoms with Gasteiger partial charge in [-0.25, -0.2) is 0 Å². The lowest BCUT2D eigenvalue weighted by molar-refractivity contribution is -0.387. The van der Waals surface area contributed by atoms with Gasteiger partial charge in [0, 0.05) is 43.5 Å². The van der Waals surface area contributed by atoms with Crippen LogP contribution < -0.4 is 4.90 Å². The smallest absolute Gasteiger partial charge is 0.316 e. The summed E-state index contributed by atoms with van der Waals surface area (Å²) >= 11 is 1.03. The number of nitro benzene ring substituents is 1. The number of rotatable bonds is 7. The molecule has 1 aliphatic rings. The maximum absolute atomic E-state index is 12.9. The second-order valence-electron chi connectivity index (χ2n) is 7.15. The molecule has 1 amide bonds. The zero-order chi connectivity index (χ0) is 22.4. The van der Waals surface area contributed by atoms with E-state index in [0.29, 0.717) is 31.1 Å². The van der Waals surface area contributed by atoms with Gasteiger partial charge in [-0.3, -0.25) is 19.7 Å². The van der Waals surface area contributed by atoms with E-state index in [0.717, 1.165) is 17.4 Å². The first-order chi connectivity index (χ1) is 14.9. The van der Waals surface area contributed by atoms with Crippen LogP contribution in [0.5, 0.6) is 0 Å². The van der Waals surface area contributed by atoms with E-state index < -0.39 is 10.9 Å². The van der Waals surface area contributed by atoms with E-state index >= 15 is 0 Å². The zero-order valence-corrected chi connectivity index (χ0v) is 18.4. The number of anilines is 1. The van der Waals surface area contributed by atoms with Crippen molar-refractivity contribution in [3.05, 3.63) is 63.7 Å². The maximum atomic E-state index is 12.9. The largest absolute Gasteiger partial charge is 0.465 e. The number of carbonyl (C=O) groups excluding carboxylic acids is 2. The number of aryl methyl sites for hydroxylation is 1. The lowest BCUT2D eigenvalue weighted by Gasteiger charge is -2.36. The molecule has 0 radical (unpaired) electrons. The molecule has 1 aliphatic heterocycles. The molecule has 0 spiro atoms. The number of esters is 1. The first kappa shape index (κ1) is 22.6. The van der Waals surface area contributed by atoms with Gasteiger partial charge in [0.1, 0.15) is 0 Å². The second-order valence-corrected chi connectivity index (χ2v) is 8.17. The summed E-state index contributed by atoms with van der Waals surface area (Å²) in [5.41, 5.74) is 2.41. The number of piperazine rings is 1. The molecule has 8 nitrogen and oxygen atoms in total. The quantitative estimate of drug-likeness (QED) is 0.280. The van der Waals surface area contributed by atoms with Crippen molar-refractivity contribution in [1.29, 1.82) is 0 Å². The molecule has 0 saturated carbocycles. The fourth-order valence-corrected chi connectivity index (χ4v) is 4.23. The van der Waals surface area contributed by atoms with Gasteiger partial charge in [0.25, 0.3) is 11.6 Å². The molecule has 0 N–H and O–H groups in total. The number of carbonyl (C=O) groups is 2. The number of hydrogen-bond donors (Lipinski definition) is 0. The highest BCUT2D eigenvalue weighted by Gasteiger charge is 2.25. The van der Waals surface area contributed by atoms with E-state index in [1.807, 2.05) is 19.1 Å². The Morgan fingerprint density at radius 1 is 1.13 bits per heavy atom. The van der Waals surface area contributed by atoms with Gasteiger partial charge < -0.3 is 14.5 Å². The molecule has 3 rings (SSSR count). The molecule has 9 heteroatoms. The van der Waals surface area contributed by atoms with Crippen LogP contribution >= 0.6 is 11.8 Å². The molecule has 1 saturated heterocycles. The van der Waals surface area contributed by atoms with Crippen molar-refractivity contribution in [2.75, 3.05) is 43.4 Å². The average Bonchev–Trinajstić information content (AvgIpc) is 2.77. The van der Waals surface area contributed by atoms with Gasteiger partial charge >= 0.3 is 5.97 Å². The Kier molecular flexibility index (Phi) is 7.51. The average molecular weight is 444 g/mol. The van der Waals surface area contributed by atoms with Crippen molar-refractivity contribution in [3.8, 4) is 0 Å². The van der Waals surface area contributed by atoms with Gasteiger partial charge in [-0.05, 0) is 43.7 Å². The van der Waals surface area contributed by atoms with E-state index in [-0.39, 0.29) is 29.5 Å². The Labute approximate surface area is 185 Å². The van der Waals surface area contributed by atoms with Crippen LogP contribution in [0, 0.1) is 17.0 Å². The first-order valence-corrected chi connectivity index (χ1v) is 11.1. The maximum Gasteiger partial charge on any atom is 0.316 e. The van der Waals surface area contributed by atoms with E-state index in [1.54, 1.807) is 17.9 Å². The molecular weight excluding hydrogens is 418 g/mol. The van der Waals surface area contributed by atoms with Gasteiger partial charge in [-0.1, -0.05) is 12.1 Å². The minimum atomic E-state index is -0.528. The minimum absolute atomic E-state index is 0.0249. The van der Waals surface area contributed by atoms with Crippen LogP contribution in [0.3, 0.4) is 0 Å². The van der Waals surface area contributed by atoms with E-state index in [2.05, 4.69) is 17.0 Å². The van der Waals surface area contributed by atoms with Gasteiger partial charge in [0.15, 0.2) is 0 Å². The predicted octanol–water partition coefficient (Wildman–Crippen LogP) is 3.52. The Morgan fingerprint density at radius 2 is 1.87 bits per heavy atom. The third-order valence-electron chi connectivity index (χ3n) is 4.99. The standard InChI is InChI=1S/C22H25N3O5S/c1-3-30-21(26)15-31-20-8-7-17(14-19(20)25(28)29)22(27)24-11-9-23(10-12-24)18-6-4-5-16(2)13-18/h4-8,13-14H,3,9-12,15H2,1-2H3. The van der Waals surface area contributed by atoms with Crippen LogP contribution in [0.15, 0.2) is 47.4 Å². The third kappa shape index (κ3) is 5.75.